The second-order valence-electron chi connectivity index (χ2n) is 9.95. The van der Waals surface area contributed by atoms with E-state index in [2.05, 4.69) is 128 Å². The third kappa shape index (κ3) is 2.82. The number of nitrogens with one attached hydrogen (secondary N) is 1. The van der Waals surface area contributed by atoms with E-state index in [1.807, 2.05) is 0 Å². The maximum atomic E-state index is 3.84. The maximum Gasteiger partial charge on any atom is 0.0548 e. The van der Waals surface area contributed by atoms with Gasteiger partial charge in [-0.1, -0.05) is 105 Å². The maximum absolute atomic E-state index is 3.84. The minimum absolute atomic E-state index is 0.0300. The molecular formula is C34H27N. The Kier molecular flexibility index (Phi) is 4.32. The molecule has 0 fully saturated rings. The molecule has 0 saturated heterocycles. The second kappa shape index (κ2) is 7.45. The van der Waals surface area contributed by atoms with Gasteiger partial charge in [0, 0.05) is 27.3 Å². The molecule has 1 N–H and O–H groups in total. The molecule has 0 amide bonds. The third-order valence-electron chi connectivity index (χ3n) is 8.14. The molecule has 1 heteroatoms. The van der Waals surface area contributed by atoms with Gasteiger partial charge in [-0.2, -0.15) is 0 Å². The van der Waals surface area contributed by atoms with Crippen molar-refractivity contribution in [1.82, 2.24) is 4.98 Å². The lowest BCUT2D eigenvalue weighted by Gasteiger charge is -2.28. The van der Waals surface area contributed by atoms with Gasteiger partial charge < -0.3 is 4.98 Å². The van der Waals surface area contributed by atoms with Gasteiger partial charge in [0.25, 0.3) is 0 Å². The van der Waals surface area contributed by atoms with Gasteiger partial charge in [0.05, 0.1) is 5.52 Å². The molecule has 1 atom stereocenters. The zero-order valence-electron chi connectivity index (χ0n) is 20.1. The lowest BCUT2D eigenvalue weighted by Crippen LogP contribution is -2.20. The normalized spacial score (nSPS) is 16.5. The Bertz CT molecular complexity index is 1720. The van der Waals surface area contributed by atoms with Gasteiger partial charge in [-0.25, -0.2) is 0 Å². The number of H-pyrrole nitrogens is 1. The van der Waals surface area contributed by atoms with Crippen molar-refractivity contribution in [3.05, 3.63) is 120 Å². The van der Waals surface area contributed by atoms with Gasteiger partial charge in [0.2, 0.25) is 0 Å². The van der Waals surface area contributed by atoms with E-state index in [1.54, 1.807) is 0 Å². The van der Waals surface area contributed by atoms with Crippen molar-refractivity contribution < 1.29 is 0 Å². The van der Waals surface area contributed by atoms with Crippen molar-refractivity contribution >= 4 is 21.8 Å². The summed E-state index contributed by atoms with van der Waals surface area (Å²) in [4.78, 5) is 3.84. The van der Waals surface area contributed by atoms with Crippen LogP contribution < -0.4 is 0 Å². The van der Waals surface area contributed by atoms with E-state index in [0.29, 0.717) is 0 Å². The van der Waals surface area contributed by atoms with Crippen LogP contribution in [0.2, 0.25) is 0 Å². The van der Waals surface area contributed by atoms with Gasteiger partial charge in [0.1, 0.15) is 0 Å². The molecule has 1 aliphatic carbocycles. The van der Waals surface area contributed by atoms with Crippen molar-refractivity contribution in [2.24, 2.45) is 0 Å². The third-order valence-corrected chi connectivity index (χ3v) is 8.14. The van der Waals surface area contributed by atoms with E-state index in [-0.39, 0.29) is 5.41 Å². The van der Waals surface area contributed by atoms with Crippen LogP contribution in [0.1, 0.15) is 31.4 Å². The summed E-state index contributed by atoms with van der Waals surface area (Å²) < 4.78 is 0. The van der Waals surface area contributed by atoms with Crippen LogP contribution in [0.3, 0.4) is 0 Å². The quantitative estimate of drug-likeness (QED) is 0.277. The van der Waals surface area contributed by atoms with Crippen LogP contribution in [-0.2, 0) is 5.41 Å². The first kappa shape index (κ1) is 20.3. The molecule has 0 aliphatic heterocycles. The summed E-state index contributed by atoms with van der Waals surface area (Å²) in [6, 6.07) is 39.9. The van der Waals surface area contributed by atoms with Crippen molar-refractivity contribution in [3.63, 3.8) is 0 Å². The molecule has 1 aromatic heterocycles. The minimum atomic E-state index is -0.0300. The average molecular weight is 450 g/mol. The van der Waals surface area contributed by atoms with E-state index in [4.69, 9.17) is 0 Å². The van der Waals surface area contributed by atoms with Crippen LogP contribution in [0.4, 0.5) is 0 Å². The minimum Gasteiger partial charge on any atom is -0.354 e. The van der Waals surface area contributed by atoms with Gasteiger partial charge in [-0.3, -0.25) is 0 Å². The molecule has 0 bridgehead atoms. The largest absolute Gasteiger partial charge is 0.354 e. The number of hydrogen-bond acceptors (Lipinski definition) is 0. The van der Waals surface area contributed by atoms with E-state index < -0.39 is 0 Å². The van der Waals surface area contributed by atoms with Crippen molar-refractivity contribution in [2.45, 2.75) is 25.7 Å². The van der Waals surface area contributed by atoms with Crippen molar-refractivity contribution in [1.29, 1.82) is 0 Å². The molecule has 1 aliphatic rings. The number of aromatic nitrogens is 1. The fourth-order valence-corrected chi connectivity index (χ4v) is 6.22. The fourth-order valence-electron chi connectivity index (χ4n) is 6.22. The smallest absolute Gasteiger partial charge is 0.0548 e. The van der Waals surface area contributed by atoms with Gasteiger partial charge >= 0.3 is 0 Å². The first-order valence-electron chi connectivity index (χ1n) is 12.5. The number of hydrogen-bond donors (Lipinski definition) is 1. The van der Waals surface area contributed by atoms with Crippen LogP contribution in [0.5, 0.6) is 0 Å². The Morgan fingerprint density at radius 3 is 2.06 bits per heavy atom. The van der Waals surface area contributed by atoms with E-state index in [9.17, 15) is 0 Å². The number of fused-ring (bicyclic) bond motifs is 7. The number of rotatable bonds is 3. The molecule has 0 saturated carbocycles. The first-order chi connectivity index (χ1) is 17.2. The predicted molar refractivity (Wildman–Crippen MR) is 149 cm³/mol. The van der Waals surface area contributed by atoms with Crippen LogP contribution >= 0.6 is 0 Å². The zero-order valence-corrected chi connectivity index (χ0v) is 20.1. The second-order valence-corrected chi connectivity index (χ2v) is 9.95. The summed E-state index contributed by atoms with van der Waals surface area (Å²) in [5.74, 6) is 0. The summed E-state index contributed by atoms with van der Waals surface area (Å²) in [5, 5.41) is 2.58. The first-order valence-corrected chi connectivity index (χ1v) is 12.5. The van der Waals surface area contributed by atoms with Gasteiger partial charge in [-0.05, 0) is 63.6 Å². The molecule has 7 rings (SSSR count). The van der Waals surface area contributed by atoms with Crippen LogP contribution in [-0.4, -0.2) is 4.98 Å². The lowest BCUT2D eigenvalue weighted by molar-refractivity contribution is 0.566. The highest BCUT2D eigenvalue weighted by molar-refractivity contribution is 6.16. The number of benzene rings is 5. The van der Waals surface area contributed by atoms with Gasteiger partial charge in [0.15, 0.2) is 0 Å². The van der Waals surface area contributed by atoms with Crippen LogP contribution in [0, 0.1) is 0 Å². The number of aromatic amines is 1. The molecular weight excluding hydrogens is 422 g/mol. The van der Waals surface area contributed by atoms with Crippen LogP contribution in [0.25, 0.3) is 55.2 Å². The molecule has 0 radical (unpaired) electrons. The molecule has 0 spiro atoms. The molecule has 1 nitrogen and oxygen atoms in total. The van der Waals surface area contributed by atoms with Crippen molar-refractivity contribution in [2.75, 3.05) is 0 Å². The van der Waals surface area contributed by atoms with E-state index in [0.717, 1.165) is 6.42 Å². The lowest BCUT2D eigenvalue weighted by atomic mass is 9.75. The Morgan fingerprint density at radius 1 is 0.629 bits per heavy atom. The highest BCUT2D eigenvalue weighted by atomic mass is 14.7. The topological polar surface area (TPSA) is 15.8 Å². The molecule has 168 valence electrons. The molecule has 1 heterocycles. The highest BCUT2D eigenvalue weighted by Gasteiger charge is 2.41. The van der Waals surface area contributed by atoms with E-state index >= 15 is 0 Å². The molecule has 1 unspecified atom stereocenters. The highest BCUT2D eigenvalue weighted by Crippen LogP contribution is 2.56. The summed E-state index contributed by atoms with van der Waals surface area (Å²) in [6.45, 7) is 4.74. The Morgan fingerprint density at radius 2 is 1.31 bits per heavy atom. The molecule has 35 heavy (non-hydrogen) atoms. The summed E-state index contributed by atoms with van der Waals surface area (Å²) in [5.41, 5.74) is 13.2. The molecule has 5 aromatic carbocycles. The Balaban J connectivity index is 1.63. The Labute approximate surface area is 206 Å². The van der Waals surface area contributed by atoms with Crippen LogP contribution in [0.15, 0.2) is 109 Å². The Hall–Kier alpha value is -4.10. The standard InChI is InChI=1S/C34H27N/c1-3-34(2)29-17-11-10-16-25(29)31-32(34)26(23-14-8-5-9-15-23)21-28-27-20-24(22-12-6-4-7-13-22)18-19-30(27)35-33(28)31/h4-21,35H,3H2,1-2H3. The zero-order chi connectivity index (χ0) is 23.6. The summed E-state index contributed by atoms with van der Waals surface area (Å²) >= 11 is 0. The average Bonchev–Trinajstić information content (AvgIpc) is 3.42. The van der Waals surface area contributed by atoms with Gasteiger partial charge in [-0.15, -0.1) is 0 Å². The molecule has 6 aromatic rings. The van der Waals surface area contributed by atoms with E-state index in [1.165, 1.54) is 66.3 Å². The summed E-state index contributed by atoms with van der Waals surface area (Å²) in [6.07, 6.45) is 1.06. The predicted octanol–water partition coefficient (Wildman–Crippen LogP) is 9.35. The van der Waals surface area contributed by atoms with Crippen molar-refractivity contribution in [3.8, 4) is 33.4 Å². The monoisotopic (exact) mass is 449 g/mol. The summed E-state index contributed by atoms with van der Waals surface area (Å²) in [7, 11) is 0. The SMILES string of the molecule is CCC1(C)c2ccccc2-c2c1c(-c1ccccc1)cc1c2[nH]c2ccc(-c3ccccc3)cc21. The fraction of sp³-hybridized carbons (Fsp3) is 0.118.